The first-order valence-corrected chi connectivity index (χ1v) is 10.8. The molecule has 1 aromatic carbocycles. The molecule has 2 N–H and O–H groups in total. The number of aryl methyl sites for hydroxylation is 3. The number of hydrogen-bond acceptors (Lipinski definition) is 3. The summed E-state index contributed by atoms with van der Waals surface area (Å²) in [6.07, 6.45) is 4.49. The molecular weight excluding hydrogens is 489 g/mol. The number of rotatable bonds is 9. The zero-order chi connectivity index (χ0) is 20.8. The van der Waals surface area contributed by atoms with E-state index in [1.807, 2.05) is 11.7 Å². The molecule has 0 atom stereocenters. The van der Waals surface area contributed by atoms with Gasteiger partial charge in [0.1, 0.15) is 5.75 Å². The lowest BCUT2D eigenvalue weighted by molar-refractivity contribution is 0.296. The monoisotopic (exact) mass is 525 g/mol. The van der Waals surface area contributed by atoms with Gasteiger partial charge in [0.05, 0.1) is 12.3 Å². The van der Waals surface area contributed by atoms with Crippen molar-refractivity contribution < 1.29 is 4.74 Å². The largest absolute Gasteiger partial charge is 0.493 e. The second-order valence-electron chi connectivity index (χ2n) is 7.85. The number of benzene rings is 1. The lowest BCUT2D eigenvalue weighted by Gasteiger charge is -2.16. The van der Waals surface area contributed by atoms with Crippen LogP contribution in [0, 0.1) is 12.8 Å². The van der Waals surface area contributed by atoms with E-state index in [0.29, 0.717) is 6.54 Å². The second-order valence-corrected chi connectivity index (χ2v) is 7.85. The van der Waals surface area contributed by atoms with Crippen LogP contribution in [-0.4, -0.2) is 29.4 Å². The molecule has 0 unspecified atom stereocenters. The van der Waals surface area contributed by atoms with E-state index in [1.54, 1.807) is 7.05 Å². The number of halogens is 1. The highest BCUT2D eigenvalue weighted by molar-refractivity contribution is 14.0. The molecule has 0 amide bonds. The Hall–Kier alpha value is -1.77. The van der Waals surface area contributed by atoms with E-state index < -0.39 is 0 Å². The standard InChI is InChI=1S/C23H35N5O.HI/c1-6-20-19(21(7-2)28(5)27-20)14-26-23(24-4)25-13-18-11-8-16(3)12-22(18)29-15-17-9-10-17;/h8,11-12,17H,6-7,9-10,13-15H2,1-5H3,(H2,24,25,26);1H. The van der Waals surface area contributed by atoms with Crippen LogP contribution in [0.5, 0.6) is 5.75 Å². The van der Waals surface area contributed by atoms with Gasteiger partial charge in [-0.1, -0.05) is 26.0 Å². The Morgan fingerprint density at radius 1 is 1.20 bits per heavy atom. The SMILES string of the molecule is CCc1nn(C)c(CC)c1CNC(=NC)NCc1ccc(C)cc1OCC1CC1.I. The summed E-state index contributed by atoms with van der Waals surface area (Å²) in [4.78, 5) is 4.39. The molecule has 3 rings (SSSR count). The Morgan fingerprint density at radius 3 is 2.57 bits per heavy atom. The summed E-state index contributed by atoms with van der Waals surface area (Å²) in [5, 5.41) is 11.5. The van der Waals surface area contributed by atoms with Gasteiger partial charge in [0.2, 0.25) is 0 Å². The summed E-state index contributed by atoms with van der Waals surface area (Å²) < 4.78 is 8.09. The normalized spacial score (nSPS) is 13.7. The molecule has 7 heteroatoms. The number of nitrogens with zero attached hydrogens (tertiary/aromatic N) is 3. The summed E-state index contributed by atoms with van der Waals surface area (Å²) in [7, 11) is 3.83. The maximum absolute atomic E-state index is 6.09. The van der Waals surface area contributed by atoms with Crippen LogP contribution in [0.15, 0.2) is 23.2 Å². The van der Waals surface area contributed by atoms with E-state index in [9.17, 15) is 0 Å². The Morgan fingerprint density at radius 2 is 1.93 bits per heavy atom. The zero-order valence-electron chi connectivity index (χ0n) is 18.9. The minimum Gasteiger partial charge on any atom is -0.493 e. The van der Waals surface area contributed by atoms with Crippen LogP contribution in [0.1, 0.15) is 54.8 Å². The third-order valence-corrected chi connectivity index (χ3v) is 5.52. The number of aliphatic imine (C=N–C) groups is 1. The lowest BCUT2D eigenvalue weighted by Crippen LogP contribution is -2.36. The number of guanidine groups is 1. The smallest absolute Gasteiger partial charge is 0.191 e. The predicted molar refractivity (Wildman–Crippen MR) is 134 cm³/mol. The topological polar surface area (TPSA) is 63.5 Å². The first kappa shape index (κ1) is 24.5. The van der Waals surface area contributed by atoms with E-state index in [2.05, 4.69) is 59.7 Å². The fourth-order valence-electron chi connectivity index (χ4n) is 3.60. The molecule has 0 radical (unpaired) electrons. The first-order valence-electron chi connectivity index (χ1n) is 10.8. The molecule has 0 saturated heterocycles. The van der Waals surface area contributed by atoms with Crippen molar-refractivity contribution in [2.24, 2.45) is 18.0 Å². The minimum atomic E-state index is 0. The van der Waals surface area contributed by atoms with Crippen LogP contribution in [0.25, 0.3) is 0 Å². The summed E-state index contributed by atoms with van der Waals surface area (Å²) in [5.41, 5.74) is 6.09. The quantitative estimate of drug-likeness (QED) is 0.294. The van der Waals surface area contributed by atoms with Crippen molar-refractivity contribution in [3.63, 3.8) is 0 Å². The van der Waals surface area contributed by atoms with E-state index in [-0.39, 0.29) is 24.0 Å². The molecule has 1 aliphatic rings. The van der Waals surface area contributed by atoms with Crippen molar-refractivity contribution in [3.8, 4) is 5.75 Å². The highest BCUT2D eigenvalue weighted by atomic mass is 127. The second kappa shape index (κ2) is 11.6. The third-order valence-electron chi connectivity index (χ3n) is 5.52. The highest BCUT2D eigenvalue weighted by Crippen LogP contribution is 2.30. The van der Waals surface area contributed by atoms with Crippen LogP contribution < -0.4 is 15.4 Å². The van der Waals surface area contributed by atoms with Gasteiger partial charge >= 0.3 is 0 Å². The van der Waals surface area contributed by atoms with E-state index in [4.69, 9.17) is 4.74 Å². The predicted octanol–water partition coefficient (Wildman–Crippen LogP) is 4.13. The van der Waals surface area contributed by atoms with Gasteiger partial charge in [-0.3, -0.25) is 9.67 Å². The Labute approximate surface area is 197 Å². The van der Waals surface area contributed by atoms with Gasteiger partial charge in [0, 0.05) is 44.0 Å². The van der Waals surface area contributed by atoms with E-state index in [1.165, 1.54) is 29.7 Å². The molecule has 1 aromatic heterocycles. The molecule has 30 heavy (non-hydrogen) atoms. The van der Waals surface area contributed by atoms with Crippen molar-refractivity contribution in [2.45, 2.75) is 59.5 Å². The summed E-state index contributed by atoms with van der Waals surface area (Å²) in [5.74, 6) is 2.51. The van der Waals surface area contributed by atoms with Crippen LogP contribution in [0.4, 0.5) is 0 Å². The van der Waals surface area contributed by atoms with Crippen molar-refractivity contribution in [1.82, 2.24) is 20.4 Å². The number of nitrogens with one attached hydrogen (secondary N) is 2. The van der Waals surface area contributed by atoms with Crippen LogP contribution in [0.3, 0.4) is 0 Å². The van der Waals surface area contributed by atoms with Crippen molar-refractivity contribution in [2.75, 3.05) is 13.7 Å². The first-order chi connectivity index (χ1) is 14.0. The maximum Gasteiger partial charge on any atom is 0.191 e. The van der Waals surface area contributed by atoms with E-state index in [0.717, 1.165) is 54.9 Å². The van der Waals surface area contributed by atoms with Gasteiger partial charge in [-0.05, 0) is 50.2 Å². The summed E-state index contributed by atoms with van der Waals surface area (Å²) >= 11 is 0. The summed E-state index contributed by atoms with van der Waals surface area (Å²) in [6, 6.07) is 6.41. The molecule has 0 spiro atoms. The average Bonchev–Trinajstić information content (AvgIpc) is 3.50. The average molecular weight is 525 g/mol. The van der Waals surface area contributed by atoms with Gasteiger partial charge in [-0.15, -0.1) is 24.0 Å². The summed E-state index contributed by atoms with van der Waals surface area (Å²) in [6.45, 7) is 8.65. The van der Waals surface area contributed by atoms with Crippen molar-refractivity contribution in [3.05, 3.63) is 46.3 Å². The fraction of sp³-hybridized carbons (Fsp3) is 0.565. The van der Waals surface area contributed by atoms with Crippen LogP contribution in [0.2, 0.25) is 0 Å². The molecule has 1 saturated carbocycles. The molecule has 1 fully saturated rings. The Balaban J connectivity index is 0.00000320. The lowest BCUT2D eigenvalue weighted by atomic mass is 10.1. The molecule has 2 aromatic rings. The number of hydrogen-bond donors (Lipinski definition) is 2. The number of aromatic nitrogens is 2. The van der Waals surface area contributed by atoms with Gasteiger partial charge in [-0.25, -0.2) is 0 Å². The molecule has 166 valence electrons. The Bertz CT molecular complexity index is 858. The van der Waals surface area contributed by atoms with Crippen LogP contribution >= 0.6 is 24.0 Å². The highest BCUT2D eigenvalue weighted by Gasteiger charge is 2.22. The minimum absolute atomic E-state index is 0. The van der Waals surface area contributed by atoms with Gasteiger partial charge in [-0.2, -0.15) is 5.10 Å². The van der Waals surface area contributed by atoms with Crippen molar-refractivity contribution in [1.29, 1.82) is 0 Å². The zero-order valence-corrected chi connectivity index (χ0v) is 21.2. The van der Waals surface area contributed by atoms with Gasteiger partial charge < -0.3 is 15.4 Å². The molecule has 0 bridgehead atoms. The van der Waals surface area contributed by atoms with E-state index >= 15 is 0 Å². The van der Waals surface area contributed by atoms with Gasteiger partial charge in [0.25, 0.3) is 0 Å². The number of ether oxygens (including phenoxy) is 1. The molecule has 6 nitrogen and oxygen atoms in total. The fourth-order valence-corrected chi connectivity index (χ4v) is 3.60. The molecule has 0 aliphatic heterocycles. The molecular formula is C23H36IN5O. The van der Waals surface area contributed by atoms with Crippen molar-refractivity contribution >= 4 is 29.9 Å². The maximum atomic E-state index is 6.09. The molecule has 1 aliphatic carbocycles. The molecule has 1 heterocycles. The third kappa shape index (κ3) is 6.36. The van der Waals surface area contributed by atoms with Gasteiger partial charge in [0.15, 0.2) is 5.96 Å². The Kier molecular flexibility index (Phi) is 9.45. The van der Waals surface area contributed by atoms with Crippen LogP contribution in [-0.2, 0) is 33.0 Å².